The van der Waals surface area contributed by atoms with E-state index in [1.807, 2.05) is 30.6 Å². The normalized spacial score (nSPS) is 39.4. The molecule has 2 saturated heterocycles. The maximum absolute atomic E-state index is 12.8. The Morgan fingerprint density at radius 1 is 1.04 bits per heavy atom. The Kier molecular flexibility index (Phi) is 6.01. The molecular formula is C20H36N4O3. The number of piperazine rings is 1. The number of fused-ring (bicyclic) bond motifs is 1. The van der Waals surface area contributed by atoms with Crippen LogP contribution in [0.25, 0.3) is 0 Å². The maximum Gasteiger partial charge on any atom is 0.410 e. The number of hydrazine groups is 1. The quantitative estimate of drug-likeness (QED) is 0.768. The fourth-order valence-electron chi connectivity index (χ4n) is 5.73. The molecular weight excluding hydrogens is 344 g/mol. The predicted octanol–water partition coefficient (Wildman–Crippen LogP) is 2.12. The first kappa shape index (κ1) is 20.4. The van der Waals surface area contributed by atoms with E-state index in [0.717, 1.165) is 19.3 Å². The molecule has 2 heterocycles. The van der Waals surface area contributed by atoms with Gasteiger partial charge in [-0.15, -0.1) is 0 Å². The van der Waals surface area contributed by atoms with Crippen molar-refractivity contribution in [2.75, 3.05) is 6.54 Å². The summed E-state index contributed by atoms with van der Waals surface area (Å²) in [5.41, 5.74) is 6.73. The molecule has 2 N–H and O–H groups in total. The first-order chi connectivity index (χ1) is 12.7. The summed E-state index contributed by atoms with van der Waals surface area (Å²) in [6.45, 7) is 12.4. The van der Waals surface area contributed by atoms with Gasteiger partial charge in [0.15, 0.2) is 0 Å². The molecule has 3 rings (SSSR count). The highest BCUT2D eigenvalue weighted by molar-refractivity contribution is 5.75. The Bertz CT molecular complexity index is 559. The Labute approximate surface area is 163 Å². The second kappa shape index (κ2) is 7.95. The van der Waals surface area contributed by atoms with E-state index in [-0.39, 0.29) is 36.2 Å². The van der Waals surface area contributed by atoms with Crippen LogP contribution in [-0.2, 0) is 9.53 Å². The van der Waals surface area contributed by atoms with Crippen LogP contribution in [0, 0.1) is 11.8 Å². The number of carbonyl (C=O) groups is 2. The Balaban J connectivity index is 1.84. The van der Waals surface area contributed by atoms with E-state index < -0.39 is 0 Å². The summed E-state index contributed by atoms with van der Waals surface area (Å²) >= 11 is 0. The lowest BCUT2D eigenvalue weighted by atomic mass is 9.70. The largest absolute Gasteiger partial charge is 0.447 e. The van der Waals surface area contributed by atoms with E-state index in [4.69, 9.17) is 4.74 Å². The van der Waals surface area contributed by atoms with Gasteiger partial charge in [0.05, 0.1) is 18.2 Å². The van der Waals surface area contributed by atoms with Crippen molar-refractivity contribution in [1.82, 2.24) is 20.7 Å². The molecule has 0 radical (unpaired) electrons. The predicted molar refractivity (Wildman–Crippen MR) is 104 cm³/mol. The average Bonchev–Trinajstić information content (AvgIpc) is 2.91. The van der Waals surface area contributed by atoms with Crippen LogP contribution in [-0.4, -0.2) is 64.7 Å². The van der Waals surface area contributed by atoms with Gasteiger partial charge in [-0.1, -0.05) is 0 Å². The van der Waals surface area contributed by atoms with Crippen LogP contribution in [0.4, 0.5) is 4.79 Å². The summed E-state index contributed by atoms with van der Waals surface area (Å²) in [4.78, 5) is 29.1. The van der Waals surface area contributed by atoms with Crippen LogP contribution >= 0.6 is 0 Å². The van der Waals surface area contributed by atoms with E-state index in [0.29, 0.717) is 30.5 Å². The van der Waals surface area contributed by atoms with Gasteiger partial charge in [0.2, 0.25) is 5.91 Å². The van der Waals surface area contributed by atoms with Crippen molar-refractivity contribution in [2.24, 2.45) is 11.8 Å². The Morgan fingerprint density at radius 2 is 1.67 bits per heavy atom. The third kappa shape index (κ3) is 3.94. The van der Waals surface area contributed by atoms with Gasteiger partial charge >= 0.3 is 6.09 Å². The van der Waals surface area contributed by atoms with Gasteiger partial charge in [0, 0.05) is 31.6 Å². The van der Waals surface area contributed by atoms with Gasteiger partial charge in [0.1, 0.15) is 0 Å². The second-order valence-corrected chi connectivity index (χ2v) is 9.01. The summed E-state index contributed by atoms with van der Waals surface area (Å²) in [6, 6.07) is 0.964. The SMILES string of the molecule is CC(=O)N1C2CCC(C3C(C)NNC3C)CC2N(C(=O)OC(C)C)C[C@@H]1C. The third-order valence-electron chi connectivity index (χ3n) is 6.69. The molecule has 0 aromatic rings. The minimum Gasteiger partial charge on any atom is -0.447 e. The maximum atomic E-state index is 12.8. The molecule has 3 fully saturated rings. The standard InChI is InChI=1S/C20H36N4O3/c1-11(2)27-20(26)23-10-12(3)24(15(6)25)17-8-7-16(9-18(17)23)19-13(4)21-22-14(19)5/h11-14,16-19,21-22H,7-10H2,1-6H3/t12-,13?,14?,16?,17?,18?,19?/m0/s1. The van der Waals surface area contributed by atoms with Gasteiger partial charge < -0.3 is 14.5 Å². The molecule has 5 unspecified atom stereocenters. The van der Waals surface area contributed by atoms with Crippen molar-refractivity contribution in [3.8, 4) is 0 Å². The molecule has 1 aliphatic carbocycles. The molecule has 0 aromatic heterocycles. The highest BCUT2D eigenvalue weighted by Gasteiger charge is 2.49. The van der Waals surface area contributed by atoms with Crippen molar-refractivity contribution in [3.05, 3.63) is 0 Å². The van der Waals surface area contributed by atoms with Gasteiger partial charge in [-0.2, -0.15) is 0 Å². The van der Waals surface area contributed by atoms with E-state index in [9.17, 15) is 9.59 Å². The lowest BCUT2D eigenvalue weighted by molar-refractivity contribution is -0.142. The lowest BCUT2D eigenvalue weighted by Crippen LogP contribution is -2.67. The van der Waals surface area contributed by atoms with Gasteiger partial charge in [0.25, 0.3) is 0 Å². The van der Waals surface area contributed by atoms with Crippen LogP contribution in [0.5, 0.6) is 0 Å². The van der Waals surface area contributed by atoms with E-state index in [1.165, 1.54) is 0 Å². The van der Waals surface area contributed by atoms with Crippen LogP contribution in [0.3, 0.4) is 0 Å². The van der Waals surface area contributed by atoms with E-state index in [2.05, 4.69) is 24.7 Å². The van der Waals surface area contributed by atoms with Crippen LogP contribution in [0.1, 0.15) is 60.8 Å². The van der Waals surface area contributed by atoms with Crippen molar-refractivity contribution >= 4 is 12.0 Å². The average molecular weight is 381 g/mol. The summed E-state index contributed by atoms with van der Waals surface area (Å²) in [7, 11) is 0. The first-order valence-electron chi connectivity index (χ1n) is 10.5. The number of amides is 2. The monoisotopic (exact) mass is 380 g/mol. The summed E-state index contributed by atoms with van der Waals surface area (Å²) in [5.74, 6) is 1.16. The Hall–Kier alpha value is -1.34. The van der Waals surface area contributed by atoms with Gasteiger partial charge in [-0.25, -0.2) is 4.79 Å². The van der Waals surface area contributed by atoms with Crippen molar-refractivity contribution in [2.45, 2.75) is 97.1 Å². The summed E-state index contributed by atoms with van der Waals surface area (Å²) < 4.78 is 5.54. The van der Waals surface area contributed by atoms with Crippen LogP contribution in [0.15, 0.2) is 0 Å². The lowest BCUT2D eigenvalue weighted by Gasteiger charge is -2.54. The first-order valence-corrected chi connectivity index (χ1v) is 10.5. The van der Waals surface area contributed by atoms with E-state index >= 15 is 0 Å². The molecule has 3 aliphatic rings. The number of ether oxygens (including phenoxy) is 1. The molecule has 6 atom stereocenters. The molecule has 2 amide bonds. The second-order valence-electron chi connectivity index (χ2n) is 9.01. The third-order valence-corrected chi connectivity index (χ3v) is 6.69. The van der Waals surface area contributed by atoms with Crippen molar-refractivity contribution in [3.63, 3.8) is 0 Å². The van der Waals surface area contributed by atoms with Gasteiger partial charge in [-0.05, 0) is 65.7 Å². The van der Waals surface area contributed by atoms with Crippen molar-refractivity contribution in [1.29, 1.82) is 0 Å². The molecule has 0 aromatic carbocycles. The van der Waals surface area contributed by atoms with Crippen LogP contribution in [0.2, 0.25) is 0 Å². The highest BCUT2D eigenvalue weighted by Crippen LogP contribution is 2.41. The molecule has 7 heteroatoms. The van der Waals surface area contributed by atoms with Crippen LogP contribution < -0.4 is 10.9 Å². The summed E-state index contributed by atoms with van der Waals surface area (Å²) in [6.07, 6.45) is 2.59. The molecule has 0 bridgehead atoms. The number of hydrogen-bond donors (Lipinski definition) is 2. The number of nitrogens with zero attached hydrogens (tertiary/aromatic N) is 2. The zero-order valence-electron chi connectivity index (χ0n) is 17.6. The number of nitrogens with one attached hydrogen (secondary N) is 2. The minimum absolute atomic E-state index is 0.0210. The zero-order valence-corrected chi connectivity index (χ0v) is 17.6. The molecule has 27 heavy (non-hydrogen) atoms. The minimum atomic E-state index is -0.237. The fourth-order valence-corrected chi connectivity index (χ4v) is 5.73. The number of carbonyl (C=O) groups excluding carboxylic acids is 2. The Morgan fingerprint density at radius 3 is 2.22 bits per heavy atom. The van der Waals surface area contributed by atoms with Crippen molar-refractivity contribution < 1.29 is 14.3 Å². The fraction of sp³-hybridized carbons (Fsp3) is 0.900. The molecule has 7 nitrogen and oxygen atoms in total. The van der Waals surface area contributed by atoms with Gasteiger partial charge in [-0.3, -0.25) is 15.6 Å². The summed E-state index contributed by atoms with van der Waals surface area (Å²) in [5, 5.41) is 0. The highest BCUT2D eigenvalue weighted by atomic mass is 16.6. The van der Waals surface area contributed by atoms with E-state index in [1.54, 1.807) is 6.92 Å². The molecule has 2 aliphatic heterocycles. The zero-order chi connectivity index (χ0) is 19.9. The molecule has 1 saturated carbocycles. The molecule has 154 valence electrons. The molecule has 0 spiro atoms. The number of rotatable bonds is 2. The topological polar surface area (TPSA) is 73.9 Å². The smallest absolute Gasteiger partial charge is 0.410 e. The number of hydrogen-bond acceptors (Lipinski definition) is 5.